The fraction of sp³-hybridized carbons (Fsp3) is 0.333. The van der Waals surface area contributed by atoms with Gasteiger partial charge in [-0.15, -0.1) is 9.55 Å². The maximum Gasteiger partial charge on any atom is 0.458 e. The molecule has 0 amide bonds. The largest absolute Gasteiger partial charge is 0.458 e. The second kappa shape index (κ2) is 6.17. The number of hydrogen-bond acceptors (Lipinski definition) is 6. The van der Waals surface area contributed by atoms with Crippen molar-refractivity contribution >= 4 is 13.7 Å². The van der Waals surface area contributed by atoms with E-state index in [2.05, 4.69) is 10.1 Å². The minimum Gasteiger partial charge on any atom is -0.368 e. The van der Waals surface area contributed by atoms with Gasteiger partial charge in [-0.25, -0.2) is 4.57 Å². The van der Waals surface area contributed by atoms with Crippen molar-refractivity contribution in [2.75, 3.05) is 18.9 Å². The number of hydrogen-bond donors (Lipinski definition) is 1. The lowest BCUT2D eigenvalue weighted by Gasteiger charge is -2.16. The smallest absolute Gasteiger partial charge is 0.368 e. The van der Waals surface area contributed by atoms with E-state index in [0.717, 1.165) is 10.0 Å². The summed E-state index contributed by atoms with van der Waals surface area (Å²) >= 11 is 0. The summed E-state index contributed by atoms with van der Waals surface area (Å²) in [5.74, 6) is 0.372. The molecular formula is C12H17N4O3P. The quantitative estimate of drug-likeness (QED) is 0.823. The van der Waals surface area contributed by atoms with Gasteiger partial charge in [-0.05, 0) is 13.8 Å². The van der Waals surface area contributed by atoms with E-state index in [4.69, 9.17) is 14.8 Å². The molecule has 0 aliphatic rings. The Hall–Kier alpha value is -1.69. The van der Waals surface area contributed by atoms with E-state index < -0.39 is 7.75 Å². The van der Waals surface area contributed by atoms with Crippen LogP contribution in [0.4, 0.5) is 5.95 Å². The highest BCUT2D eigenvalue weighted by atomic mass is 31.2. The average molecular weight is 296 g/mol. The van der Waals surface area contributed by atoms with Crippen LogP contribution in [0.5, 0.6) is 0 Å². The van der Waals surface area contributed by atoms with Gasteiger partial charge in [-0.2, -0.15) is 4.98 Å². The molecule has 0 spiro atoms. The van der Waals surface area contributed by atoms with Gasteiger partial charge in [0.15, 0.2) is 5.82 Å². The van der Waals surface area contributed by atoms with E-state index in [1.54, 1.807) is 13.8 Å². The zero-order valence-corrected chi connectivity index (χ0v) is 12.3. The van der Waals surface area contributed by atoms with Crippen LogP contribution in [-0.4, -0.2) is 27.7 Å². The summed E-state index contributed by atoms with van der Waals surface area (Å²) in [6.45, 7) is 3.88. The summed E-state index contributed by atoms with van der Waals surface area (Å²) in [5, 5.41) is 4.16. The normalized spacial score (nSPS) is 11.7. The van der Waals surface area contributed by atoms with Crippen molar-refractivity contribution in [1.82, 2.24) is 14.5 Å². The lowest BCUT2D eigenvalue weighted by atomic mass is 10.2. The molecule has 2 aromatic rings. The first kappa shape index (κ1) is 14.7. The standard InChI is InChI=1S/C12H17N4O3P/c1-3-18-20(17,19-4-2)16-12(13)14-11(15-16)10-8-6-5-7-9-10/h5-9H,3-4H2,1-2H3,(H2,13,14,15). The molecule has 7 nitrogen and oxygen atoms in total. The summed E-state index contributed by atoms with van der Waals surface area (Å²) in [5.41, 5.74) is 6.56. The summed E-state index contributed by atoms with van der Waals surface area (Å²) in [7, 11) is -3.59. The van der Waals surface area contributed by atoms with Crippen LogP contribution in [-0.2, 0) is 13.6 Å². The Morgan fingerprint density at radius 3 is 2.35 bits per heavy atom. The summed E-state index contributed by atoms with van der Waals surface area (Å²) in [6.07, 6.45) is 0. The number of benzene rings is 1. The van der Waals surface area contributed by atoms with Crippen LogP contribution in [0.2, 0.25) is 0 Å². The third-order valence-corrected chi connectivity index (χ3v) is 4.39. The molecule has 0 fully saturated rings. The molecule has 0 atom stereocenters. The van der Waals surface area contributed by atoms with Gasteiger partial charge in [0.2, 0.25) is 5.95 Å². The van der Waals surface area contributed by atoms with Crippen molar-refractivity contribution in [3.8, 4) is 11.4 Å². The highest BCUT2D eigenvalue weighted by molar-refractivity contribution is 7.52. The monoisotopic (exact) mass is 296 g/mol. The van der Waals surface area contributed by atoms with E-state index >= 15 is 0 Å². The van der Waals surface area contributed by atoms with Crippen LogP contribution in [0.1, 0.15) is 13.8 Å². The maximum absolute atomic E-state index is 12.6. The van der Waals surface area contributed by atoms with Crippen LogP contribution in [0.25, 0.3) is 11.4 Å². The second-order valence-electron chi connectivity index (χ2n) is 3.85. The van der Waals surface area contributed by atoms with Gasteiger partial charge < -0.3 is 5.73 Å². The molecule has 20 heavy (non-hydrogen) atoms. The average Bonchev–Trinajstić information content (AvgIpc) is 2.83. The molecule has 1 aromatic heterocycles. The third-order valence-electron chi connectivity index (χ3n) is 2.46. The van der Waals surface area contributed by atoms with Crippen molar-refractivity contribution < 1.29 is 13.6 Å². The van der Waals surface area contributed by atoms with E-state index in [0.29, 0.717) is 5.82 Å². The van der Waals surface area contributed by atoms with Crippen molar-refractivity contribution in [1.29, 1.82) is 0 Å². The van der Waals surface area contributed by atoms with Crippen LogP contribution in [0.15, 0.2) is 30.3 Å². The lowest BCUT2D eigenvalue weighted by molar-refractivity contribution is 0.210. The van der Waals surface area contributed by atoms with Crippen LogP contribution in [0, 0.1) is 0 Å². The number of rotatable bonds is 6. The van der Waals surface area contributed by atoms with Crippen LogP contribution < -0.4 is 5.73 Å². The van der Waals surface area contributed by atoms with Crippen LogP contribution >= 0.6 is 7.75 Å². The number of nitrogen functional groups attached to an aromatic ring is 1. The zero-order valence-electron chi connectivity index (χ0n) is 11.4. The van der Waals surface area contributed by atoms with Gasteiger partial charge in [0.05, 0.1) is 13.2 Å². The minimum absolute atomic E-state index is 0.00548. The van der Waals surface area contributed by atoms with Crippen LogP contribution in [0.3, 0.4) is 0 Å². The lowest BCUT2D eigenvalue weighted by Crippen LogP contribution is -2.09. The Morgan fingerprint density at radius 1 is 1.20 bits per heavy atom. The zero-order chi connectivity index (χ0) is 14.6. The third kappa shape index (κ3) is 2.90. The van der Waals surface area contributed by atoms with Gasteiger partial charge in [0, 0.05) is 5.56 Å². The molecule has 0 unspecified atom stereocenters. The van der Waals surface area contributed by atoms with Crippen molar-refractivity contribution in [2.24, 2.45) is 0 Å². The van der Waals surface area contributed by atoms with Gasteiger partial charge in [-0.1, -0.05) is 30.3 Å². The first-order valence-corrected chi connectivity index (χ1v) is 7.78. The summed E-state index contributed by atoms with van der Waals surface area (Å²) < 4.78 is 24.0. The highest BCUT2D eigenvalue weighted by Gasteiger charge is 2.31. The first-order chi connectivity index (χ1) is 9.60. The van der Waals surface area contributed by atoms with Gasteiger partial charge in [0.1, 0.15) is 0 Å². The Labute approximate surface area is 117 Å². The Balaban J connectivity index is 2.43. The molecule has 1 heterocycles. The molecule has 0 saturated heterocycles. The van der Waals surface area contributed by atoms with E-state index in [1.165, 1.54) is 0 Å². The molecule has 0 aliphatic carbocycles. The molecule has 2 N–H and O–H groups in total. The fourth-order valence-corrected chi connectivity index (χ4v) is 3.12. The van der Waals surface area contributed by atoms with E-state index in [-0.39, 0.29) is 19.2 Å². The van der Waals surface area contributed by atoms with Gasteiger partial charge in [-0.3, -0.25) is 9.05 Å². The molecule has 108 valence electrons. The molecule has 0 saturated carbocycles. The molecule has 0 aliphatic heterocycles. The van der Waals surface area contributed by atoms with Crippen molar-refractivity contribution in [2.45, 2.75) is 13.8 Å². The Morgan fingerprint density at radius 2 is 1.80 bits per heavy atom. The first-order valence-electron chi connectivity index (χ1n) is 6.28. The molecule has 2 rings (SSSR count). The van der Waals surface area contributed by atoms with Crippen molar-refractivity contribution in [3.05, 3.63) is 30.3 Å². The second-order valence-corrected chi connectivity index (χ2v) is 5.69. The predicted molar refractivity (Wildman–Crippen MR) is 76.1 cm³/mol. The summed E-state index contributed by atoms with van der Waals surface area (Å²) in [6, 6.07) is 9.28. The molecule has 0 bridgehead atoms. The van der Waals surface area contributed by atoms with E-state index in [9.17, 15) is 4.57 Å². The van der Waals surface area contributed by atoms with E-state index in [1.807, 2.05) is 30.3 Å². The van der Waals surface area contributed by atoms with Gasteiger partial charge in [0.25, 0.3) is 0 Å². The Bertz CT molecular complexity index is 604. The molecule has 1 aromatic carbocycles. The predicted octanol–water partition coefficient (Wildman–Crippen LogP) is 2.56. The molecule has 0 radical (unpaired) electrons. The van der Waals surface area contributed by atoms with Crippen molar-refractivity contribution in [3.63, 3.8) is 0 Å². The number of anilines is 1. The maximum atomic E-state index is 12.6. The SMILES string of the molecule is CCOP(=O)(OCC)n1nc(-c2ccccc2)nc1N. The fourth-order valence-electron chi connectivity index (χ4n) is 1.68. The molecular weight excluding hydrogens is 279 g/mol. The topological polar surface area (TPSA) is 92.3 Å². The minimum atomic E-state index is -3.59. The number of nitrogens with zero attached hydrogens (tertiary/aromatic N) is 3. The molecule has 8 heteroatoms. The van der Waals surface area contributed by atoms with Gasteiger partial charge >= 0.3 is 7.75 Å². The summed E-state index contributed by atoms with van der Waals surface area (Å²) in [4.78, 5) is 4.11. The number of nitrogens with two attached hydrogens (primary N) is 1. The Kier molecular flexibility index (Phi) is 4.54. The highest BCUT2D eigenvalue weighted by Crippen LogP contribution is 2.50. The number of aromatic nitrogens is 3.